The Bertz CT molecular complexity index is 645. The van der Waals surface area contributed by atoms with E-state index in [2.05, 4.69) is 19.9 Å². The number of anilines is 3. The maximum Gasteiger partial charge on any atom is 0.235 e. The number of para-hydroxylation sites is 1. The van der Waals surface area contributed by atoms with Crippen molar-refractivity contribution in [3.8, 4) is 0 Å². The highest BCUT2D eigenvalue weighted by molar-refractivity contribution is 6.28. The second kappa shape index (κ2) is 5.81. The van der Waals surface area contributed by atoms with Crippen molar-refractivity contribution in [2.45, 2.75) is 12.8 Å². The summed E-state index contributed by atoms with van der Waals surface area (Å²) in [5, 5.41) is 0.116. The quantitative estimate of drug-likeness (QED) is 0.872. The van der Waals surface area contributed by atoms with Gasteiger partial charge in [-0.15, -0.1) is 0 Å². The molecule has 0 spiro atoms. The largest absolute Gasteiger partial charge is 0.341 e. The predicted octanol–water partition coefficient (Wildman–Crippen LogP) is 3.03. The third-order valence-corrected chi connectivity index (χ3v) is 3.66. The van der Waals surface area contributed by atoms with Gasteiger partial charge in [-0.25, -0.2) is 4.39 Å². The second-order valence-electron chi connectivity index (χ2n) is 4.91. The monoisotopic (exact) mass is 307 g/mol. The SMILES string of the molecule is CN(c1nc(Cl)nc(N2CCCC2)n1)c1ccccc1F. The Balaban J connectivity index is 1.96. The van der Waals surface area contributed by atoms with Gasteiger partial charge in [0, 0.05) is 20.1 Å². The summed E-state index contributed by atoms with van der Waals surface area (Å²) in [4.78, 5) is 16.3. The number of halogens is 2. The molecule has 3 rings (SSSR count). The zero-order valence-corrected chi connectivity index (χ0v) is 12.4. The lowest BCUT2D eigenvalue weighted by molar-refractivity contribution is 0.626. The van der Waals surface area contributed by atoms with Crippen molar-refractivity contribution in [2.24, 2.45) is 0 Å². The molecule has 2 aromatic rings. The molecule has 0 bridgehead atoms. The van der Waals surface area contributed by atoms with Crippen LogP contribution in [-0.4, -0.2) is 35.1 Å². The number of hydrogen-bond acceptors (Lipinski definition) is 5. The van der Waals surface area contributed by atoms with Gasteiger partial charge in [-0.2, -0.15) is 15.0 Å². The fraction of sp³-hybridized carbons (Fsp3) is 0.357. The van der Waals surface area contributed by atoms with Gasteiger partial charge in [0.05, 0.1) is 5.69 Å². The van der Waals surface area contributed by atoms with Crippen molar-refractivity contribution in [1.82, 2.24) is 15.0 Å². The first-order chi connectivity index (χ1) is 10.1. The first-order valence-electron chi connectivity index (χ1n) is 6.80. The van der Waals surface area contributed by atoms with Crippen LogP contribution in [0, 0.1) is 5.82 Å². The van der Waals surface area contributed by atoms with Gasteiger partial charge in [0.25, 0.3) is 0 Å². The fourth-order valence-corrected chi connectivity index (χ4v) is 2.52. The molecule has 1 aliphatic rings. The zero-order valence-electron chi connectivity index (χ0n) is 11.6. The van der Waals surface area contributed by atoms with E-state index in [0.29, 0.717) is 17.6 Å². The minimum absolute atomic E-state index is 0.116. The molecule has 1 fully saturated rings. The van der Waals surface area contributed by atoms with Crippen molar-refractivity contribution in [3.05, 3.63) is 35.4 Å². The van der Waals surface area contributed by atoms with Crippen LogP contribution in [-0.2, 0) is 0 Å². The van der Waals surface area contributed by atoms with Gasteiger partial charge >= 0.3 is 0 Å². The normalized spacial score (nSPS) is 14.5. The molecule has 5 nitrogen and oxygen atoms in total. The van der Waals surface area contributed by atoms with Crippen LogP contribution in [0.5, 0.6) is 0 Å². The van der Waals surface area contributed by atoms with E-state index in [1.165, 1.54) is 6.07 Å². The molecule has 0 amide bonds. The molecule has 1 aromatic heterocycles. The predicted molar refractivity (Wildman–Crippen MR) is 80.7 cm³/mol. The lowest BCUT2D eigenvalue weighted by atomic mass is 10.3. The van der Waals surface area contributed by atoms with Crippen LogP contribution in [0.15, 0.2) is 24.3 Å². The average Bonchev–Trinajstić information content (AvgIpc) is 3.01. The molecule has 1 saturated heterocycles. The summed E-state index contributed by atoms with van der Waals surface area (Å²) >= 11 is 5.99. The van der Waals surface area contributed by atoms with Crippen molar-refractivity contribution < 1.29 is 4.39 Å². The molecular weight excluding hydrogens is 293 g/mol. The van der Waals surface area contributed by atoms with Gasteiger partial charge in [0.15, 0.2) is 0 Å². The summed E-state index contributed by atoms with van der Waals surface area (Å²) < 4.78 is 13.9. The first kappa shape index (κ1) is 14.0. The zero-order chi connectivity index (χ0) is 14.8. The average molecular weight is 308 g/mol. The Morgan fingerprint density at radius 2 is 1.86 bits per heavy atom. The summed E-state index contributed by atoms with van der Waals surface area (Å²) in [6.45, 7) is 1.81. The molecule has 0 saturated carbocycles. The highest BCUT2D eigenvalue weighted by Crippen LogP contribution is 2.26. The van der Waals surface area contributed by atoms with Gasteiger partial charge in [-0.05, 0) is 36.6 Å². The summed E-state index contributed by atoms with van der Waals surface area (Å²) in [5.41, 5.74) is 0.395. The summed E-state index contributed by atoms with van der Waals surface area (Å²) in [6.07, 6.45) is 2.23. The van der Waals surface area contributed by atoms with E-state index in [4.69, 9.17) is 11.6 Å². The Morgan fingerprint density at radius 3 is 2.57 bits per heavy atom. The highest BCUT2D eigenvalue weighted by Gasteiger charge is 2.19. The first-order valence-corrected chi connectivity index (χ1v) is 7.18. The molecule has 0 atom stereocenters. The molecule has 1 aliphatic heterocycles. The topological polar surface area (TPSA) is 45.2 Å². The number of hydrogen-bond donors (Lipinski definition) is 0. The van der Waals surface area contributed by atoms with Crippen LogP contribution >= 0.6 is 11.6 Å². The highest BCUT2D eigenvalue weighted by atomic mass is 35.5. The standard InChI is InChI=1S/C14H15ClFN5/c1-20(11-7-3-2-6-10(11)16)13-17-12(15)18-14(19-13)21-8-4-5-9-21/h2-3,6-7H,4-5,8-9H2,1H3. The molecule has 0 unspecified atom stereocenters. The summed E-state index contributed by atoms with van der Waals surface area (Å²) in [6, 6.07) is 6.47. The Hall–Kier alpha value is -1.95. The maximum atomic E-state index is 13.9. The minimum atomic E-state index is -0.334. The van der Waals surface area contributed by atoms with Gasteiger partial charge < -0.3 is 9.80 Å². The van der Waals surface area contributed by atoms with Gasteiger partial charge in [0.1, 0.15) is 5.82 Å². The van der Waals surface area contributed by atoms with E-state index in [1.54, 1.807) is 30.1 Å². The smallest absolute Gasteiger partial charge is 0.235 e. The van der Waals surface area contributed by atoms with Crippen molar-refractivity contribution in [3.63, 3.8) is 0 Å². The van der Waals surface area contributed by atoms with E-state index >= 15 is 0 Å². The summed E-state index contributed by atoms with van der Waals surface area (Å²) in [7, 11) is 1.71. The molecule has 0 radical (unpaired) electrons. The van der Waals surface area contributed by atoms with E-state index in [9.17, 15) is 4.39 Å². The Kier molecular flexibility index (Phi) is 3.88. The molecule has 21 heavy (non-hydrogen) atoms. The minimum Gasteiger partial charge on any atom is -0.341 e. The van der Waals surface area contributed by atoms with Gasteiger partial charge in [-0.1, -0.05) is 12.1 Å². The molecule has 0 N–H and O–H groups in total. The lowest BCUT2D eigenvalue weighted by Gasteiger charge is -2.20. The van der Waals surface area contributed by atoms with Crippen molar-refractivity contribution >= 4 is 29.2 Å². The van der Waals surface area contributed by atoms with E-state index in [1.807, 2.05) is 0 Å². The summed E-state index contributed by atoms with van der Waals surface area (Å²) in [5.74, 6) is 0.548. The van der Waals surface area contributed by atoms with Gasteiger partial charge in [0.2, 0.25) is 17.2 Å². The van der Waals surface area contributed by atoms with E-state index in [0.717, 1.165) is 25.9 Å². The van der Waals surface area contributed by atoms with Crippen molar-refractivity contribution in [2.75, 3.05) is 29.9 Å². The molecule has 7 heteroatoms. The second-order valence-corrected chi connectivity index (χ2v) is 5.25. The lowest BCUT2D eigenvalue weighted by Crippen LogP contribution is -2.23. The van der Waals surface area contributed by atoms with Crippen LogP contribution in [0.1, 0.15) is 12.8 Å². The molecule has 2 heterocycles. The number of benzene rings is 1. The van der Waals surface area contributed by atoms with Crippen LogP contribution < -0.4 is 9.80 Å². The van der Waals surface area contributed by atoms with Crippen molar-refractivity contribution in [1.29, 1.82) is 0 Å². The molecule has 110 valence electrons. The van der Waals surface area contributed by atoms with Crippen LogP contribution in [0.25, 0.3) is 0 Å². The van der Waals surface area contributed by atoms with Crippen LogP contribution in [0.3, 0.4) is 0 Å². The Labute approximate surface area is 127 Å². The van der Waals surface area contributed by atoms with Gasteiger partial charge in [-0.3, -0.25) is 0 Å². The van der Waals surface area contributed by atoms with E-state index in [-0.39, 0.29) is 11.1 Å². The van der Waals surface area contributed by atoms with Crippen LogP contribution in [0.4, 0.5) is 22.0 Å². The van der Waals surface area contributed by atoms with E-state index < -0.39 is 0 Å². The number of aromatic nitrogens is 3. The molecule has 1 aromatic carbocycles. The molecular formula is C14H15ClFN5. The third kappa shape index (κ3) is 2.90. The maximum absolute atomic E-state index is 13.9. The van der Waals surface area contributed by atoms with Crippen LogP contribution in [0.2, 0.25) is 5.28 Å². The number of nitrogens with zero attached hydrogens (tertiary/aromatic N) is 5. The fourth-order valence-electron chi connectivity index (χ4n) is 2.37. The molecule has 0 aliphatic carbocycles. The number of rotatable bonds is 3. The third-order valence-electron chi connectivity index (χ3n) is 3.49. The Morgan fingerprint density at radius 1 is 1.14 bits per heavy atom.